The van der Waals surface area contributed by atoms with E-state index in [4.69, 9.17) is 4.42 Å². The van der Waals surface area contributed by atoms with E-state index in [1.165, 1.54) is 10.9 Å². The monoisotopic (exact) mass is 333 g/mol. The molecule has 25 heavy (non-hydrogen) atoms. The number of anilines is 1. The molecule has 0 radical (unpaired) electrons. The van der Waals surface area contributed by atoms with Gasteiger partial charge >= 0.3 is 0 Å². The highest BCUT2D eigenvalue weighted by Crippen LogP contribution is 2.24. The summed E-state index contributed by atoms with van der Waals surface area (Å²) in [6.45, 7) is 1.65. The third kappa shape index (κ3) is 2.57. The molecule has 2 aromatic heterocycles. The van der Waals surface area contributed by atoms with E-state index in [2.05, 4.69) is 10.3 Å². The van der Waals surface area contributed by atoms with Crippen molar-refractivity contribution in [3.05, 3.63) is 71.3 Å². The number of fused-ring (bicyclic) bond motifs is 3. The van der Waals surface area contributed by atoms with Crippen LogP contribution in [0.25, 0.3) is 22.1 Å². The number of para-hydroxylation sites is 2. The van der Waals surface area contributed by atoms with Crippen molar-refractivity contribution in [2.24, 2.45) is 0 Å². The van der Waals surface area contributed by atoms with Gasteiger partial charge in [-0.15, -0.1) is 0 Å². The molecule has 4 rings (SSSR count). The Kier molecular flexibility index (Phi) is 3.57. The van der Waals surface area contributed by atoms with Gasteiger partial charge in [0.05, 0.1) is 6.33 Å². The second-order valence-corrected chi connectivity index (χ2v) is 5.76. The number of carbonyl (C=O) groups is 1. The van der Waals surface area contributed by atoms with Crippen LogP contribution in [0.15, 0.2) is 70.1 Å². The molecule has 4 aromatic rings. The van der Waals surface area contributed by atoms with E-state index in [0.717, 1.165) is 5.39 Å². The maximum absolute atomic E-state index is 12.7. The molecular formula is C19H15N3O3. The molecule has 0 spiro atoms. The van der Waals surface area contributed by atoms with Crippen molar-refractivity contribution in [3.8, 4) is 0 Å². The lowest BCUT2D eigenvalue weighted by atomic mass is 10.2. The highest BCUT2D eigenvalue weighted by molar-refractivity contribution is 6.02. The Bertz CT molecular complexity index is 1130. The molecule has 0 aliphatic heterocycles. The number of carbonyl (C=O) groups excluding carboxylic acids is 1. The molecule has 0 aliphatic carbocycles. The van der Waals surface area contributed by atoms with Gasteiger partial charge < -0.3 is 9.73 Å². The molecule has 6 heteroatoms. The van der Waals surface area contributed by atoms with Crippen molar-refractivity contribution in [2.45, 2.75) is 13.0 Å². The standard InChI is InChI=1S/C19H15N3O3/c1-12(18(23)21-13-7-3-2-4-8-13)22-11-20-16-14-9-5-6-10-15(14)25-17(16)19(22)24/h2-12H,1H3,(H,21,23). The van der Waals surface area contributed by atoms with Crippen molar-refractivity contribution in [2.75, 3.05) is 5.32 Å². The topological polar surface area (TPSA) is 77.1 Å². The van der Waals surface area contributed by atoms with Crippen LogP contribution >= 0.6 is 0 Å². The summed E-state index contributed by atoms with van der Waals surface area (Å²) in [6.07, 6.45) is 1.39. The van der Waals surface area contributed by atoms with Crippen LogP contribution in [0.4, 0.5) is 5.69 Å². The molecule has 6 nitrogen and oxygen atoms in total. The zero-order valence-electron chi connectivity index (χ0n) is 13.5. The van der Waals surface area contributed by atoms with Crippen molar-refractivity contribution < 1.29 is 9.21 Å². The fourth-order valence-electron chi connectivity index (χ4n) is 2.77. The number of aromatic nitrogens is 2. The highest BCUT2D eigenvalue weighted by Gasteiger charge is 2.20. The summed E-state index contributed by atoms with van der Waals surface area (Å²) < 4.78 is 6.93. The van der Waals surface area contributed by atoms with Crippen LogP contribution in [-0.4, -0.2) is 15.5 Å². The van der Waals surface area contributed by atoms with Gasteiger partial charge in [0.25, 0.3) is 5.56 Å². The van der Waals surface area contributed by atoms with Crippen molar-refractivity contribution >= 4 is 33.7 Å². The Hall–Kier alpha value is -3.41. The minimum absolute atomic E-state index is 0.156. The Balaban J connectivity index is 1.73. The number of rotatable bonds is 3. The van der Waals surface area contributed by atoms with E-state index >= 15 is 0 Å². The second kappa shape index (κ2) is 5.90. The number of benzene rings is 2. The fraction of sp³-hybridized carbons (Fsp3) is 0.105. The van der Waals surface area contributed by atoms with Gasteiger partial charge in [0, 0.05) is 11.1 Å². The maximum atomic E-state index is 12.7. The van der Waals surface area contributed by atoms with Gasteiger partial charge in [-0.2, -0.15) is 0 Å². The van der Waals surface area contributed by atoms with E-state index in [0.29, 0.717) is 16.8 Å². The van der Waals surface area contributed by atoms with E-state index in [1.807, 2.05) is 36.4 Å². The third-order valence-corrected chi connectivity index (χ3v) is 4.15. The smallest absolute Gasteiger partial charge is 0.297 e. The molecule has 2 heterocycles. The number of nitrogens with one attached hydrogen (secondary N) is 1. The summed E-state index contributed by atoms with van der Waals surface area (Å²) in [4.78, 5) is 29.5. The Morgan fingerprint density at radius 2 is 1.84 bits per heavy atom. The summed E-state index contributed by atoms with van der Waals surface area (Å²) >= 11 is 0. The van der Waals surface area contributed by atoms with E-state index < -0.39 is 6.04 Å². The van der Waals surface area contributed by atoms with E-state index in [9.17, 15) is 9.59 Å². The van der Waals surface area contributed by atoms with Gasteiger partial charge in [0.15, 0.2) is 0 Å². The average Bonchev–Trinajstić information content (AvgIpc) is 3.02. The van der Waals surface area contributed by atoms with Gasteiger partial charge in [-0.05, 0) is 31.2 Å². The molecule has 0 fully saturated rings. The van der Waals surface area contributed by atoms with E-state index in [1.54, 1.807) is 25.1 Å². The Morgan fingerprint density at radius 3 is 2.64 bits per heavy atom. The summed E-state index contributed by atoms with van der Waals surface area (Å²) in [7, 11) is 0. The van der Waals surface area contributed by atoms with E-state index in [-0.39, 0.29) is 17.0 Å². The Morgan fingerprint density at radius 1 is 1.12 bits per heavy atom. The molecule has 1 unspecified atom stereocenters. The minimum Gasteiger partial charge on any atom is -0.448 e. The van der Waals surface area contributed by atoms with Crippen molar-refractivity contribution in [1.82, 2.24) is 9.55 Å². The lowest BCUT2D eigenvalue weighted by Gasteiger charge is -2.14. The predicted octanol–water partition coefficient (Wildman–Crippen LogP) is 3.34. The lowest BCUT2D eigenvalue weighted by molar-refractivity contribution is -0.118. The molecule has 0 saturated carbocycles. The summed E-state index contributed by atoms with van der Waals surface area (Å²) in [5.74, 6) is -0.300. The molecule has 0 aliphatic rings. The van der Waals surface area contributed by atoms with Crippen LogP contribution in [-0.2, 0) is 4.79 Å². The van der Waals surface area contributed by atoms with Crippen molar-refractivity contribution in [3.63, 3.8) is 0 Å². The average molecular weight is 333 g/mol. The van der Waals surface area contributed by atoms with Crippen LogP contribution in [0.5, 0.6) is 0 Å². The first kappa shape index (κ1) is 15.1. The lowest BCUT2D eigenvalue weighted by Crippen LogP contribution is -2.31. The highest BCUT2D eigenvalue weighted by atomic mass is 16.3. The molecule has 1 N–H and O–H groups in total. The normalized spacial score (nSPS) is 12.4. The summed E-state index contributed by atoms with van der Waals surface area (Å²) in [5.41, 5.74) is 1.55. The fourth-order valence-corrected chi connectivity index (χ4v) is 2.77. The first-order chi connectivity index (χ1) is 12.1. The van der Waals surface area contributed by atoms with Crippen LogP contribution in [0.3, 0.4) is 0 Å². The molecule has 1 atom stereocenters. The molecule has 0 bridgehead atoms. The quantitative estimate of drug-likeness (QED) is 0.624. The van der Waals surface area contributed by atoms with Crippen molar-refractivity contribution in [1.29, 1.82) is 0 Å². The number of furan rings is 1. The van der Waals surface area contributed by atoms with Crippen LogP contribution in [0.1, 0.15) is 13.0 Å². The summed E-state index contributed by atoms with van der Waals surface area (Å²) in [5, 5.41) is 3.57. The first-order valence-electron chi connectivity index (χ1n) is 7.89. The number of hydrogen-bond donors (Lipinski definition) is 1. The van der Waals surface area contributed by atoms with Gasteiger partial charge in [-0.1, -0.05) is 30.3 Å². The van der Waals surface area contributed by atoms with Gasteiger partial charge in [-0.3, -0.25) is 14.2 Å². The Labute approximate surface area is 142 Å². The van der Waals surface area contributed by atoms with Gasteiger partial charge in [0.1, 0.15) is 17.1 Å². The van der Waals surface area contributed by atoms with Crippen LogP contribution in [0.2, 0.25) is 0 Å². The minimum atomic E-state index is -0.724. The zero-order chi connectivity index (χ0) is 17.4. The number of nitrogens with zero attached hydrogens (tertiary/aromatic N) is 2. The molecule has 1 amide bonds. The molecule has 0 saturated heterocycles. The molecule has 2 aromatic carbocycles. The van der Waals surface area contributed by atoms with Gasteiger partial charge in [0.2, 0.25) is 11.5 Å². The number of amides is 1. The van der Waals surface area contributed by atoms with Crippen LogP contribution in [0, 0.1) is 0 Å². The third-order valence-electron chi connectivity index (χ3n) is 4.15. The SMILES string of the molecule is CC(C(=O)Nc1ccccc1)n1cnc2c(oc3ccccc32)c1=O. The maximum Gasteiger partial charge on any atom is 0.297 e. The summed E-state index contributed by atoms with van der Waals surface area (Å²) in [6, 6.07) is 15.7. The van der Waals surface area contributed by atoms with Crippen LogP contribution < -0.4 is 10.9 Å². The first-order valence-corrected chi connectivity index (χ1v) is 7.89. The number of hydrogen-bond acceptors (Lipinski definition) is 4. The largest absolute Gasteiger partial charge is 0.448 e. The van der Waals surface area contributed by atoms with Gasteiger partial charge in [-0.25, -0.2) is 4.98 Å². The molecule has 124 valence electrons. The second-order valence-electron chi connectivity index (χ2n) is 5.76. The zero-order valence-corrected chi connectivity index (χ0v) is 13.5. The molecular weight excluding hydrogens is 318 g/mol. The predicted molar refractivity (Wildman–Crippen MR) is 95.6 cm³/mol.